The molecule has 0 heterocycles. The molecule has 0 saturated heterocycles. The summed E-state index contributed by atoms with van der Waals surface area (Å²) >= 11 is 0. The second-order valence-electron chi connectivity index (χ2n) is 6.17. The number of carbonyl (C=O) groups excluding carboxylic acids is 1. The molecule has 1 fully saturated rings. The standard InChI is InChI=1S/C17H23F3N2O.ClH/c1-3-5-15(21)16(23)22(14-8-9-14)11(2)12-6-4-7-13(10-12)17(18,19)20;/h4,6-7,10-11,14-15H,3,5,8-9,21H2,1-2H3;1H. The highest BCUT2D eigenvalue weighted by Gasteiger charge is 2.38. The second-order valence-corrected chi connectivity index (χ2v) is 6.17. The minimum Gasteiger partial charge on any atom is -0.332 e. The van der Waals surface area contributed by atoms with Gasteiger partial charge in [0.15, 0.2) is 0 Å². The predicted molar refractivity (Wildman–Crippen MR) is 89.9 cm³/mol. The van der Waals surface area contributed by atoms with Crippen LogP contribution in [-0.4, -0.2) is 22.9 Å². The lowest BCUT2D eigenvalue weighted by Crippen LogP contribution is -2.46. The summed E-state index contributed by atoms with van der Waals surface area (Å²) in [5, 5.41) is 0. The summed E-state index contributed by atoms with van der Waals surface area (Å²) in [6.07, 6.45) is -1.24. The minimum atomic E-state index is -4.39. The van der Waals surface area contributed by atoms with Crippen LogP contribution in [0.2, 0.25) is 0 Å². The summed E-state index contributed by atoms with van der Waals surface area (Å²) in [5.41, 5.74) is 5.74. The highest BCUT2D eigenvalue weighted by molar-refractivity contribution is 5.85. The molecule has 0 radical (unpaired) electrons. The Morgan fingerprint density at radius 1 is 1.38 bits per heavy atom. The number of nitrogens with two attached hydrogens (primary N) is 1. The van der Waals surface area contributed by atoms with Crippen LogP contribution in [-0.2, 0) is 11.0 Å². The Kier molecular flexibility index (Phi) is 7.10. The molecule has 2 N–H and O–H groups in total. The molecule has 2 rings (SSSR count). The van der Waals surface area contributed by atoms with Gasteiger partial charge >= 0.3 is 6.18 Å². The number of amides is 1. The van der Waals surface area contributed by atoms with Crippen molar-refractivity contribution in [1.29, 1.82) is 0 Å². The largest absolute Gasteiger partial charge is 0.416 e. The van der Waals surface area contributed by atoms with Gasteiger partial charge in [0.2, 0.25) is 5.91 Å². The van der Waals surface area contributed by atoms with Crippen molar-refractivity contribution in [3.8, 4) is 0 Å². The zero-order valence-corrected chi connectivity index (χ0v) is 14.7. The lowest BCUT2D eigenvalue weighted by atomic mass is 10.0. The molecule has 0 bridgehead atoms. The number of hydrogen-bond acceptors (Lipinski definition) is 2. The van der Waals surface area contributed by atoms with E-state index in [-0.39, 0.29) is 24.4 Å². The third-order valence-corrected chi connectivity index (χ3v) is 4.23. The highest BCUT2D eigenvalue weighted by Crippen LogP contribution is 2.37. The van der Waals surface area contributed by atoms with Crippen molar-refractivity contribution in [1.82, 2.24) is 4.90 Å². The predicted octanol–water partition coefficient (Wildman–Crippen LogP) is 4.31. The first-order chi connectivity index (χ1) is 10.8. The maximum absolute atomic E-state index is 12.9. The van der Waals surface area contributed by atoms with E-state index >= 15 is 0 Å². The maximum atomic E-state index is 12.9. The molecule has 24 heavy (non-hydrogen) atoms. The highest BCUT2D eigenvalue weighted by atomic mass is 35.5. The van der Waals surface area contributed by atoms with Crippen LogP contribution in [0.15, 0.2) is 24.3 Å². The van der Waals surface area contributed by atoms with Gasteiger partial charge in [0, 0.05) is 6.04 Å². The molecule has 1 amide bonds. The monoisotopic (exact) mass is 364 g/mol. The van der Waals surface area contributed by atoms with E-state index in [9.17, 15) is 18.0 Å². The van der Waals surface area contributed by atoms with E-state index in [1.807, 2.05) is 6.92 Å². The molecule has 7 heteroatoms. The Balaban J connectivity index is 0.00000288. The smallest absolute Gasteiger partial charge is 0.332 e. The van der Waals surface area contributed by atoms with Gasteiger partial charge in [-0.05, 0) is 43.9 Å². The lowest BCUT2D eigenvalue weighted by molar-refractivity contribution is -0.137. The van der Waals surface area contributed by atoms with Crippen molar-refractivity contribution in [2.75, 3.05) is 0 Å². The summed E-state index contributed by atoms with van der Waals surface area (Å²) in [6, 6.07) is 4.27. The molecule has 0 aromatic heterocycles. The topological polar surface area (TPSA) is 46.3 Å². The first kappa shape index (κ1) is 20.8. The van der Waals surface area contributed by atoms with Gasteiger partial charge in [0.1, 0.15) is 0 Å². The normalized spacial score (nSPS) is 16.9. The molecule has 1 aromatic rings. The van der Waals surface area contributed by atoms with Crippen molar-refractivity contribution >= 4 is 18.3 Å². The van der Waals surface area contributed by atoms with E-state index in [1.165, 1.54) is 6.07 Å². The van der Waals surface area contributed by atoms with Gasteiger partial charge in [-0.2, -0.15) is 13.2 Å². The molecule has 2 atom stereocenters. The summed E-state index contributed by atoms with van der Waals surface area (Å²) in [6.45, 7) is 3.72. The van der Waals surface area contributed by atoms with Gasteiger partial charge in [-0.15, -0.1) is 12.4 Å². The zero-order valence-electron chi connectivity index (χ0n) is 13.8. The maximum Gasteiger partial charge on any atom is 0.416 e. The van der Waals surface area contributed by atoms with Crippen molar-refractivity contribution in [3.63, 3.8) is 0 Å². The van der Waals surface area contributed by atoms with E-state index in [2.05, 4.69) is 0 Å². The average Bonchev–Trinajstić information content (AvgIpc) is 3.31. The number of alkyl halides is 3. The molecule has 1 aromatic carbocycles. The fourth-order valence-corrected chi connectivity index (χ4v) is 2.80. The van der Waals surface area contributed by atoms with Crippen LogP contribution in [0.4, 0.5) is 13.2 Å². The number of nitrogens with zero attached hydrogens (tertiary/aromatic N) is 1. The fourth-order valence-electron chi connectivity index (χ4n) is 2.80. The van der Waals surface area contributed by atoms with Gasteiger partial charge in [-0.3, -0.25) is 4.79 Å². The number of rotatable bonds is 6. The van der Waals surface area contributed by atoms with Crippen molar-refractivity contribution < 1.29 is 18.0 Å². The molecule has 136 valence electrons. The number of hydrogen-bond donors (Lipinski definition) is 1. The second kappa shape index (κ2) is 8.21. The van der Waals surface area contributed by atoms with E-state index in [0.29, 0.717) is 12.0 Å². The number of carbonyl (C=O) groups is 1. The van der Waals surface area contributed by atoms with Gasteiger partial charge in [0.25, 0.3) is 0 Å². The molecule has 1 saturated carbocycles. The molecule has 1 aliphatic carbocycles. The summed E-state index contributed by atoms with van der Waals surface area (Å²) in [7, 11) is 0. The van der Waals surface area contributed by atoms with Crippen LogP contribution < -0.4 is 5.73 Å². The Morgan fingerprint density at radius 3 is 2.50 bits per heavy atom. The number of benzene rings is 1. The van der Waals surface area contributed by atoms with Crippen LogP contribution in [0.3, 0.4) is 0 Å². The van der Waals surface area contributed by atoms with Crippen LogP contribution in [0.1, 0.15) is 56.7 Å². The third kappa shape index (κ3) is 4.86. The Morgan fingerprint density at radius 2 is 2.00 bits per heavy atom. The molecule has 2 unspecified atom stereocenters. The van der Waals surface area contributed by atoms with Gasteiger partial charge in [-0.25, -0.2) is 0 Å². The van der Waals surface area contributed by atoms with Crippen LogP contribution >= 0.6 is 12.4 Å². The van der Waals surface area contributed by atoms with Crippen molar-refractivity contribution in [2.24, 2.45) is 5.73 Å². The minimum absolute atomic E-state index is 0. The fraction of sp³-hybridized carbons (Fsp3) is 0.588. The molecule has 3 nitrogen and oxygen atoms in total. The summed E-state index contributed by atoms with van der Waals surface area (Å²) < 4.78 is 38.7. The molecule has 1 aliphatic rings. The van der Waals surface area contributed by atoms with Crippen LogP contribution in [0.5, 0.6) is 0 Å². The first-order valence-corrected chi connectivity index (χ1v) is 8.00. The van der Waals surface area contributed by atoms with E-state index < -0.39 is 23.8 Å². The molecular formula is C17H24ClF3N2O. The van der Waals surface area contributed by atoms with E-state index in [1.54, 1.807) is 17.9 Å². The SMILES string of the molecule is CCCC(N)C(=O)N(C1CC1)C(C)c1cccc(C(F)(F)F)c1.Cl. The Labute approximate surface area is 146 Å². The van der Waals surface area contributed by atoms with Crippen molar-refractivity contribution in [2.45, 2.75) is 63.8 Å². The van der Waals surface area contributed by atoms with Gasteiger partial charge < -0.3 is 10.6 Å². The summed E-state index contributed by atoms with van der Waals surface area (Å²) in [4.78, 5) is 14.3. The lowest BCUT2D eigenvalue weighted by Gasteiger charge is -2.32. The van der Waals surface area contributed by atoms with E-state index in [4.69, 9.17) is 5.73 Å². The average molecular weight is 365 g/mol. The quantitative estimate of drug-likeness (QED) is 0.817. The summed E-state index contributed by atoms with van der Waals surface area (Å²) in [5.74, 6) is -0.167. The first-order valence-electron chi connectivity index (χ1n) is 8.00. The Hall–Kier alpha value is -1.27. The van der Waals surface area contributed by atoms with Crippen molar-refractivity contribution in [3.05, 3.63) is 35.4 Å². The Bertz CT molecular complexity index is 561. The molecular weight excluding hydrogens is 341 g/mol. The van der Waals surface area contributed by atoms with Gasteiger partial charge in [0.05, 0.1) is 17.6 Å². The molecule has 0 spiro atoms. The zero-order chi connectivity index (χ0) is 17.2. The van der Waals surface area contributed by atoms with Crippen LogP contribution in [0.25, 0.3) is 0 Å². The van der Waals surface area contributed by atoms with E-state index in [0.717, 1.165) is 31.4 Å². The van der Waals surface area contributed by atoms with Crippen LogP contribution in [0, 0.1) is 0 Å². The van der Waals surface area contributed by atoms with Gasteiger partial charge in [-0.1, -0.05) is 25.5 Å². The number of halogens is 4. The third-order valence-electron chi connectivity index (χ3n) is 4.23. The molecule has 0 aliphatic heterocycles.